The van der Waals surface area contributed by atoms with Crippen LogP contribution in [0.1, 0.15) is 41.4 Å². The summed E-state index contributed by atoms with van der Waals surface area (Å²) in [7, 11) is -3.57. The van der Waals surface area contributed by atoms with E-state index >= 15 is 0 Å². The van der Waals surface area contributed by atoms with E-state index in [1.807, 2.05) is 25.1 Å². The van der Waals surface area contributed by atoms with Gasteiger partial charge < -0.3 is 0 Å². The van der Waals surface area contributed by atoms with Gasteiger partial charge in [0.25, 0.3) is 0 Å². The fourth-order valence-corrected chi connectivity index (χ4v) is 4.69. The van der Waals surface area contributed by atoms with Gasteiger partial charge in [-0.3, -0.25) is 4.79 Å². The third-order valence-electron chi connectivity index (χ3n) is 4.41. The molecule has 1 aliphatic rings. The number of Topliss-reactive ketones (excluding diaryl/α,β-unsaturated/α-hetero) is 1. The molecule has 120 valence electrons. The molecule has 1 unspecified atom stereocenters. The molecule has 3 rings (SSSR count). The van der Waals surface area contributed by atoms with Gasteiger partial charge in [-0.15, -0.1) is 0 Å². The number of benzene rings is 2. The zero-order chi connectivity index (χ0) is 16.6. The molecule has 1 atom stereocenters. The average molecular weight is 329 g/mol. The molecule has 0 spiro atoms. The predicted molar refractivity (Wildman–Crippen MR) is 88.9 cm³/mol. The molecule has 1 aliphatic heterocycles. The van der Waals surface area contributed by atoms with E-state index in [0.29, 0.717) is 18.5 Å². The molecule has 0 fully saturated rings. The van der Waals surface area contributed by atoms with E-state index in [0.717, 1.165) is 5.56 Å². The number of nitrogens with zero attached hydrogens (tertiary/aromatic N) is 1. The lowest BCUT2D eigenvalue weighted by Gasteiger charge is -2.34. The van der Waals surface area contributed by atoms with Crippen LogP contribution in [0, 0.1) is 0 Å². The Morgan fingerprint density at radius 2 is 1.74 bits per heavy atom. The van der Waals surface area contributed by atoms with E-state index in [1.54, 1.807) is 12.1 Å². The number of hydrogen-bond acceptors (Lipinski definition) is 3. The van der Waals surface area contributed by atoms with Crippen molar-refractivity contribution >= 4 is 15.8 Å². The van der Waals surface area contributed by atoms with Crippen molar-refractivity contribution < 1.29 is 13.2 Å². The number of sulfonamides is 1. The van der Waals surface area contributed by atoms with Gasteiger partial charge in [-0.2, -0.15) is 4.31 Å². The van der Waals surface area contributed by atoms with E-state index in [2.05, 4.69) is 6.07 Å². The van der Waals surface area contributed by atoms with Gasteiger partial charge in [0, 0.05) is 18.2 Å². The molecular weight excluding hydrogens is 310 g/mol. The molecular formula is C18H19NO3S. The summed E-state index contributed by atoms with van der Waals surface area (Å²) in [6, 6.07) is 13.9. The molecule has 5 heteroatoms. The number of carbonyl (C=O) groups is 1. The van der Waals surface area contributed by atoms with E-state index < -0.39 is 10.0 Å². The monoisotopic (exact) mass is 329 g/mol. The Balaban J connectivity index is 1.96. The smallest absolute Gasteiger partial charge is 0.243 e. The summed E-state index contributed by atoms with van der Waals surface area (Å²) < 4.78 is 27.4. The standard InChI is InChI=1S/C18H19NO3S/c1-13-18-6-4-3-5-16(18)11-12-19(13)23(21,22)17-9-7-15(8-10-17)14(2)20/h3-10,13H,11-12H2,1-2H3. The molecule has 0 aliphatic carbocycles. The third-order valence-corrected chi connectivity index (χ3v) is 6.39. The summed E-state index contributed by atoms with van der Waals surface area (Å²) in [4.78, 5) is 11.6. The van der Waals surface area contributed by atoms with Crippen LogP contribution in [-0.4, -0.2) is 25.1 Å². The highest BCUT2D eigenvalue weighted by molar-refractivity contribution is 7.89. The maximum atomic E-state index is 12.9. The highest BCUT2D eigenvalue weighted by atomic mass is 32.2. The van der Waals surface area contributed by atoms with Crippen LogP contribution in [0.5, 0.6) is 0 Å². The second-order valence-electron chi connectivity index (χ2n) is 5.82. The quantitative estimate of drug-likeness (QED) is 0.813. The molecule has 0 saturated heterocycles. The number of hydrogen-bond donors (Lipinski definition) is 0. The van der Waals surface area contributed by atoms with Crippen molar-refractivity contribution in [2.24, 2.45) is 0 Å². The average Bonchev–Trinajstić information content (AvgIpc) is 2.55. The highest BCUT2D eigenvalue weighted by Crippen LogP contribution is 2.33. The van der Waals surface area contributed by atoms with Gasteiger partial charge in [-0.05, 0) is 43.5 Å². The lowest BCUT2D eigenvalue weighted by molar-refractivity contribution is 0.101. The summed E-state index contributed by atoms with van der Waals surface area (Å²) in [5.74, 6) is -0.0748. The van der Waals surface area contributed by atoms with Gasteiger partial charge >= 0.3 is 0 Å². The van der Waals surface area contributed by atoms with Crippen molar-refractivity contribution in [1.82, 2.24) is 4.31 Å². The number of carbonyl (C=O) groups excluding carboxylic acids is 1. The van der Waals surface area contributed by atoms with E-state index in [1.165, 1.54) is 28.9 Å². The van der Waals surface area contributed by atoms with Crippen molar-refractivity contribution in [3.05, 3.63) is 65.2 Å². The van der Waals surface area contributed by atoms with Gasteiger partial charge in [-0.1, -0.05) is 36.4 Å². The van der Waals surface area contributed by atoms with Crippen LogP contribution in [0.3, 0.4) is 0 Å². The molecule has 0 N–H and O–H groups in total. The number of ketones is 1. The van der Waals surface area contributed by atoms with Crippen molar-refractivity contribution in [3.8, 4) is 0 Å². The van der Waals surface area contributed by atoms with Crippen LogP contribution in [0.15, 0.2) is 53.4 Å². The van der Waals surface area contributed by atoms with Crippen molar-refractivity contribution in [1.29, 1.82) is 0 Å². The predicted octanol–water partition coefficient (Wildman–Crippen LogP) is 3.20. The molecule has 0 aromatic heterocycles. The van der Waals surface area contributed by atoms with Gasteiger partial charge in [0.2, 0.25) is 10.0 Å². The molecule has 2 aromatic carbocycles. The molecule has 23 heavy (non-hydrogen) atoms. The van der Waals surface area contributed by atoms with Crippen LogP contribution in [0.25, 0.3) is 0 Å². The van der Waals surface area contributed by atoms with Crippen LogP contribution in [0.4, 0.5) is 0 Å². The molecule has 0 amide bonds. The summed E-state index contributed by atoms with van der Waals surface area (Å²) in [5.41, 5.74) is 2.78. The fourth-order valence-electron chi connectivity index (χ4n) is 3.07. The van der Waals surface area contributed by atoms with E-state index in [4.69, 9.17) is 0 Å². The first-order chi connectivity index (χ1) is 10.9. The van der Waals surface area contributed by atoms with Crippen molar-refractivity contribution in [2.45, 2.75) is 31.2 Å². The first kappa shape index (κ1) is 15.9. The second-order valence-corrected chi connectivity index (χ2v) is 7.71. The lowest BCUT2D eigenvalue weighted by atomic mass is 9.96. The maximum Gasteiger partial charge on any atom is 0.243 e. The van der Waals surface area contributed by atoms with E-state index in [-0.39, 0.29) is 16.7 Å². The summed E-state index contributed by atoms with van der Waals surface area (Å²) in [6.07, 6.45) is 0.714. The van der Waals surface area contributed by atoms with Crippen LogP contribution >= 0.6 is 0 Å². The highest BCUT2D eigenvalue weighted by Gasteiger charge is 2.33. The Morgan fingerprint density at radius 1 is 1.09 bits per heavy atom. The zero-order valence-corrected chi connectivity index (χ0v) is 14.0. The minimum absolute atomic E-state index is 0.0748. The van der Waals surface area contributed by atoms with Gasteiger partial charge in [0.05, 0.1) is 4.90 Å². The Kier molecular flexibility index (Phi) is 4.08. The van der Waals surface area contributed by atoms with Gasteiger partial charge in [0.15, 0.2) is 5.78 Å². The Morgan fingerprint density at radius 3 is 2.39 bits per heavy atom. The molecule has 0 bridgehead atoms. The number of rotatable bonds is 3. The molecule has 2 aromatic rings. The summed E-state index contributed by atoms with van der Waals surface area (Å²) >= 11 is 0. The van der Waals surface area contributed by atoms with Crippen LogP contribution in [0.2, 0.25) is 0 Å². The topological polar surface area (TPSA) is 54.5 Å². The van der Waals surface area contributed by atoms with E-state index in [9.17, 15) is 13.2 Å². The SMILES string of the molecule is CC(=O)c1ccc(S(=O)(=O)N2CCc3ccccc3C2C)cc1. The third kappa shape index (κ3) is 2.82. The first-order valence-corrected chi connectivity index (χ1v) is 9.06. The van der Waals surface area contributed by atoms with Crippen molar-refractivity contribution in [2.75, 3.05) is 6.54 Å². The normalized spacial score (nSPS) is 18.4. The van der Waals surface area contributed by atoms with Crippen LogP contribution < -0.4 is 0 Å². The molecule has 0 saturated carbocycles. The molecule has 4 nitrogen and oxygen atoms in total. The minimum atomic E-state index is -3.57. The Bertz CT molecular complexity index is 841. The Labute approximate surface area is 136 Å². The van der Waals surface area contributed by atoms with Gasteiger partial charge in [-0.25, -0.2) is 8.42 Å². The van der Waals surface area contributed by atoms with Crippen molar-refractivity contribution in [3.63, 3.8) is 0 Å². The molecule has 0 radical (unpaired) electrons. The molecule has 1 heterocycles. The maximum absolute atomic E-state index is 12.9. The minimum Gasteiger partial charge on any atom is -0.295 e. The Hall–Kier alpha value is -1.98. The largest absolute Gasteiger partial charge is 0.295 e. The summed E-state index contributed by atoms with van der Waals surface area (Å²) in [5, 5.41) is 0. The number of fused-ring (bicyclic) bond motifs is 1. The lowest BCUT2D eigenvalue weighted by Crippen LogP contribution is -2.38. The first-order valence-electron chi connectivity index (χ1n) is 7.62. The van der Waals surface area contributed by atoms with Gasteiger partial charge in [0.1, 0.15) is 0 Å². The summed E-state index contributed by atoms with van der Waals surface area (Å²) in [6.45, 7) is 3.85. The second kappa shape index (κ2) is 5.91. The zero-order valence-electron chi connectivity index (χ0n) is 13.2. The fraction of sp³-hybridized carbons (Fsp3) is 0.278. The van der Waals surface area contributed by atoms with Crippen LogP contribution in [-0.2, 0) is 16.4 Å².